The Balaban J connectivity index is -0.000000171. The molecule has 37 heavy (non-hydrogen) atoms. The molecular formula is C24H52MoO4P2S6-6. The molecule has 0 radical (unpaired) electrons. The van der Waals surface area contributed by atoms with Gasteiger partial charge in [0.25, 0.3) is 0 Å². The van der Waals surface area contributed by atoms with Gasteiger partial charge in [0.05, 0.1) is 37.8 Å². The number of unbranched alkanes of at least 4 members (excludes halogenated alkanes) is 12. The molecular weight excluding hydrogens is 703 g/mol. The van der Waals surface area contributed by atoms with Crippen LogP contribution in [-0.4, -0.2) is 26.4 Å². The molecule has 0 heterocycles. The predicted molar refractivity (Wildman–Crippen MR) is 178 cm³/mol. The van der Waals surface area contributed by atoms with Crippen molar-refractivity contribution in [2.24, 2.45) is 0 Å². The standard InChI is InChI=1S/2C12H27O2PS2.Mo.2S/c2*1-3-5-7-9-11-13-15(16,17)14-12-10-8-6-4-2;;;/h2*3-12H2,1-2H3,(H,16,17);;;/q;;;2*-2/p-2. The first-order valence-electron chi connectivity index (χ1n) is 13.4. The van der Waals surface area contributed by atoms with Gasteiger partial charge in [0, 0.05) is 21.1 Å². The minimum atomic E-state index is -2.37. The van der Waals surface area contributed by atoms with E-state index in [0.717, 1.165) is 25.7 Å². The van der Waals surface area contributed by atoms with Crippen LogP contribution in [0.4, 0.5) is 0 Å². The van der Waals surface area contributed by atoms with Crippen LogP contribution in [0, 0.1) is 0 Å². The second-order valence-electron chi connectivity index (χ2n) is 8.47. The molecule has 0 unspecified atom stereocenters. The molecule has 0 saturated heterocycles. The molecule has 0 atom stereocenters. The number of rotatable bonds is 24. The van der Waals surface area contributed by atoms with Crippen molar-refractivity contribution in [2.75, 3.05) is 26.4 Å². The van der Waals surface area contributed by atoms with Gasteiger partial charge in [-0.25, -0.2) is 0 Å². The summed E-state index contributed by atoms with van der Waals surface area (Å²) in [5, 5.41) is 0. The van der Waals surface area contributed by atoms with Gasteiger partial charge in [-0.2, -0.15) is 0 Å². The molecule has 230 valence electrons. The van der Waals surface area contributed by atoms with Crippen molar-refractivity contribution in [1.82, 2.24) is 0 Å². The molecule has 0 aromatic carbocycles. The second-order valence-corrected chi connectivity index (χ2v) is 18.4. The predicted octanol–water partition coefficient (Wildman–Crippen LogP) is 9.90. The normalized spacial score (nSPS) is 11.0. The van der Waals surface area contributed by atoms with Crippen LogP contribution in [0.5, 0.6) is 0 Å². The molecule has 0 aliphatic heterocycles. The fourth-order valence-electron chi connectivity index (χ4n) is 2.90. The van der Waals surface area contributed by atoms with E-state index in [1.54, 1.807) is 0 Å². The van der Waals surface area contributed by atoms with Gasteiger partial charge in [-0.1, -0.05) is 128 Å². The summed E-state index contributed by atoms with van der Waals surface area (Å²) in [6.45, 7) is 11.4. The summed E-state index contributed by atoms with van der Waals surface area (Å²) >= 11 is 20.7. The first-order chi connectivity index (χ1) is 16.2. The summed E-state index contributed by atoms with van der Waals surface area (Å²) in [5.74, 6) is 0. The van der Waals surface area contributed by atoms with E-state index in [-0.39, 0.29) is 48.1 Å². The summed E-state index contributed by atoms with van der Waals surface area (Å²) in [4.78, 5) is 0. The Hall–Kier alpha value is 3.23. The van der Waals surface area contributed by atoms with E-state index in [9.17, 15) is 0 Å². The van der Waals surface area contributed by atoms with Crippen molar-refractivity contribution in [3.8, 4) is 0 Å². The summed E-state index contributed by atoms with van der Waals surface area (Å²) in [5.41, 5.74) is -4.75. The van der Waals surface area contributed by atoms with Gasteiger partial charge >= 0.3 is 0 Å². The van der Waals surface area contributed by atoms with E-state index in [4.69, 9.17) is 66.2 Å². The Labute approximate surface area is 280 Å². The van der Waals surface area contributed by atoms with Gasteiger partial charge in [0.15, 0.2) is 0 Å². The Kier molecular flexibility index (Phi) is 50.2. The van der Waals surface area contributed by atoms with Crippen molar-refractivity contribution in [2.45, 2.75) is 130 Å². The fraction of sp³-hybridized carbons (Fsp3) is 1.00. The molecule has 0 amide bonds. The smallest absolute Gasteiger partial charge is 0.0563 e. The maximum atomic E-state index is 5.50. The van der Waals surface area contributed by atoms with Crippen LogP contribution in [-0.2, 0) is 114 Å². The van der Waals surface area contributed by atoms with Crippen LogP contribution in [0.1, 0.15) is 130 Å². The van der Waals surface area contributed by atoms with Gasteiger partial charge in [-0.05, 0) is 25.7 Å². The van der Waals surface area contributed by atoms with Crippen molar-refractivity contribution in [3.63, 3.8) is 0 Å². The zero-order valence-electron chi connectivity index (χ0n) is 23.5. The van der Waals surface area contributed by atoms with E-state index >= 15 is 0 Å². The Bertz CT molecular complexity index is 446. The third-order valence-electron chi connectivity index (χ3n) is 4.99. The minimum absolute atomic E-state index is 0. The van der Waals surface area contributed by atoms with E-state index in [1.165, 1.54) is 77.0 Å². The number of hydrogen-bond donors (Lipinski definition) is 0. The molecule has 0 aromatic rings. The van der Waals surface area contributed by atoms with E-state index in [2.05, 4.69) is 27.7 Å². The summed E-state index contributed by atoms with van der Waals surface area (Å²) in [7, 11) is 0. The second kappa shape index (κ2) is 37.3. The molecule has 0 aliphatic carbocycles. The first kappa shape index (κ1) is 49.9. The van der Waals surface area contributed by atoms with E-state index in [1.807, 2.05) is 0 Å². The van der Waals surface area contributed by atoms with Crippen LogP contribution >= 0.6 is 11.4 Å². The quantitative estimate of drug-likeness (QED) is 0.0418. The fourth-order valence-corrected chi connectivity index (χ4v) is 6.24. The van der Waals surface area contributed by atoms with E-state index in [0.29, 0.717) is 26.4 Å². The van der Waals surface area contributed by atoms with Crippen molar-refractivity contribution in [1.29, 1.82) is 0 Å². The molecule has 0 bridgehead atoms. The van der Waals surface area contributed by atoms with Crippen LogP contribution in [0.2, 0.25) is 0 Å². The zero-order chi connectivity index (χ0) is 26.0. The van der Waals surface area contributed by atoms with Crippen molar-refractivity contribution in [3.05, 3.63) is 0 Å². The maximum Gasteiger partial charge on any atom is 0.0563 e. The van der Waals surface area contributed by atoms with Gasteiger partial charge in [0.1, 0.15) is 0 Å². The molecule has 0 fully saturated rings. The van der Waals surface area contributed by atoms with Gasteiger partial charge < -0.3 is 69.6 Å². The first-order valence-corrected chi connectivity index (χ1v) is 20.7. The molecule has 0 rings (SSSR count). The molecule has 4 nitrogen and oxygen atoms in total. The van der Waals surface area contributed by atoms with E-state index < -0.39 is 11.4 Å². The van der Waals surface area contributed by atoms with Crippen molar-refractivity contribution >= 4 is 86.5 Å². The average molecular weight is 755 g/mol. The minimum Gasteiger partial charge on any atom is -2.00 e. The third kappa shape index (κ3) is 43.8. The molecule has 13 heteroatoms. The van der Waals surface area contributed by atoms with Crippen LogP contribution in [0.3, 0.4) is 0 Å². The maximum absolute atomic E-state index is 5.50. The van der Waals surface area contributed by atoms with Crippen LogP contribution < -0.4 is 0 Å². The zero-order valence-corrected chi connectivity index (χ0v) is 32.2. The van der Waals surface area contributed by atoms with Gasteiger partial charge in [-0.15, -0.1) is 0 Å². The van der Waals surface area contributed by atoms with Crippen LogP contribution in [0.15, 0.2) is 0 Å². The van der Waals surface area contributed by atoms with Crippen molar-refractivity contribution < 1.29 is 39.2 Å². The topological polar surface area (TPSA) is 36.9 Å². The van der Waals surface area contributed by atoms with Gasteiger partial charge in [-0.3, -0.25) is 0 Å². The van der Waals surface area contributed by atoms with Crippen LogP contribution in [0.25, 0.3) is 0 Å². The van der Waals surface area contributed by atoms with Gasteiger partial charge in [0.2, 0.25) is 0 Å². The molecule has 0 aliphatic rings. The summed E-state index contributed by atoms with van der Waals surface area (Å²) in [6, 6.07) is 0. The monoisotopic (exact) mass is 756 g/mol. The third-order valence-corrected chi connectivity index (χ3v) is 9.51. The Morgan fingerprint density at radius 1 is 0.432 bits per heavy atom. The molecule has 0 N–H and O–H groups in total. The Morgan fingerprint density at radius 3 is 0.784 bits per heavy atom. The SMILES string of the molecule is CCCCCCOP(=S)([S-])OCCCCCC.CCCCCCOP(=S)([S-])OCCCCCC.[Mo].[S-2].[S-2]. The summed E-state index contributed by atoms with van der Waals surface area (Å²) < 4.78 is 22.0. The largest absolute Gasteiger partial charge is 2.00 e. The average Bonchev–Trinajstić information content (AvgIpc) is 2.79. The Morgan fingerprint density at radius 2 is 0.622 bits per heavy atom. The molecule has 0 spiro atoms. The summed E-state index contributed by atoms with van der Waals surface area (Å²) in [6.07, 6.45) is 18.9. The molecule has 0 saturated carbocycles. The number of hydrogen-bond acceptors (Lipinski definition) is 8. The molecule has 0 aromatic heterocycles.